The van der Waals surface area contributed by atoms with Crippen LogP contribution in [0, 0.1) is 0 Å². The molecule has 0 N–H and O–H groups in total. The topological polar surface area (TPSA) is 0 Å². The van der Waals surface area contributed by atoms with E-state index >= 15 is 0 Å². The van der Waals surface area contributed by atoms with Gasteiger partial charge in [0.1, 0.15) is 0 Å². The van der Waals surface area contributed by atoms with Gasteiger partial charge in [-0.1, -0.05) is 0 Å². The van der Waals surface area contributed by atoms with Gasteiger partial charge in [-0.3, -0.25) is 0 Å². The second kappa shape index (κ2) is 1.34. The van der Waals surface area contributed by atoms with E-state index in [9.17, 15) is 0 Å². The van der Waals surface area contributed by atoms with Gasteiger partial charge in [0.15, 0.2) is 0 Å². The third-order valence-corrected chi connectivity index (χ3v) is 4.24. The molecule has 0 heterocycles. The van der Waals surface area contributed by atoms with Gasteiger partial charge >= 0.3 is 46.5 Å². The van der Waals surface area contributed by atoms with Crippen LogP contribution in [0.5, 0.6) is 0 Å². The van der Waals surface area contributed by atoms with Crippen molar-refractivity contribution in [3.8, 4) is 0 Å². The summed E-state index contributed by atoms with van der Waals surface area (Å²) in [6.45, 7) is 12.0. The average Bonchev–Trinajstić information content (AvgIpc) is 1.32. The van der Waals surface area contributed by atoms with Crippen molar-refractivity contribution in [1.29, 1.82) is 0 Å². The summed E-state index contributed by atoms with van der Waals surface area (Å²) in [5.41, 5.74) is 0. The first-order chi connectivity index (χ1) is 2.81. The molecule has 1 heteroatoms. The Labute approximate surface area is 47.3 Å². The maximum absolute atomic E-state index is 2.42. The standard InChI is InChI=1S/C6H17Si/c1-6-7(2,3,4)5/h6H2,1-5H3/q-1. The van der Waals surface area contributed by atoms with Crippen LogP contribution in [0.1, 0.15) is 6.92 Å². The molecule has 0 fully saturated rings. The zero-order valence-corrected chi connectivity index (χ0v) is 7.21. The minimum absolute atomic E-state index is 1.29. The van der Waals surface area contributed by atoms with Crippen LogP contribution in [0.2, 0.25) is 32.2 Å². The molecule has 7 heavy (non-hydrogen) atoms. The molecular weight excluding hydrogens is 100 g/mol. The van der Waals surface area contributed by atoms with E-state index in [0.717, 1.165) is 0 Å². The van der Waals surface area contributed by atoms with Gasteiger partial charge in [0.25, 0.3) is 0 Å². The molecule has 0 saturated heterocycles. The molecule has 0 radical (unpaired) electrons. The maximum atomic E-state index is 2.42. The molecule has 0 spiro atoms. The molecule has 0 atom stereocenters. The van der Waals surface area contributed by atoms with Crippen molar-refractivity contribution in [3.63, 3.8) is 0 Å². The number of rotatable bonds is 1. The molecule has 0 amide bonds. The van der Waals surface area contributed by atoms with Crippen LogP contribution in [0.4, 0.5) is 0 Å². The molecule has 0 rings (SSSR count). The Kier molecular flexibility index (Phi) is 1.39. The molecule has 0 aliphatic rings. The second-order valence-corrected chi connectivity index (χ2v) is 14.3. The van der Waals surface area contributed by atoms with Crippen LogP contribution >= 0.6 is 0 Å². The van der Waals surface area contributed by atoms with Gasteiger partial charge in [-0.2, -0.15) is 0 Å². The zero-order valence-electron chi connectivity index (χ0n) is 6.21. The molecule has 0 nitrogen and oxygen atoms in total. The van der Waals surface area contributed by atoms with Crippen LogP contribution in [0.3, 0.4) is 0 Å². The van der Waals surface area contributed by atoms with Crippen molar-refractivity contribution >= 4 is 7.35 Å². The summed E-state index contributed by atoms with van der Waals surface area (Å²) < 4.78 is 0. The van der Waals surface area contributed by atoms with Crippen molar-refractivity contribution in [2.75, 3.05) is 0 Å². The predicted octanol–water partition coefficient (Wildman–Crippen LogP) is 2.93. The number of hydrogen-bond acceptors (Lipinski definition) is 0. The summed E-state index contributed by atoms with van der Waals surface area (Å²) in [5, 5.41) is 0. The van der Waals surface area contributed by atoms with Gasteiger partial charge in [0.2, 0.25) is 0 Å². The van der Waals surface area contributed by atoms with Crippen molar-refractivity contribution in [3.05, 3.63) is 0 Å². The first-order valence-electron chi connectivity index (χ1n) is 3.06. The summed E-state index contributed by atoms with van der Waals surface area (Å²) >= 11 is 0. The van der Waals surface area contributed by atoms with Gasteiger partial charge in [-0.15, -0.1) is 0 Å². The summed E-state index contributed by atoms with van der Waals surface area (Å²) in [5.74, 6) is 0. The SMILES string of the molecule is CC[Si-](C)(C)(C)C. The molecule has 46 valence electrons. The van der Waals surface area contributed by atoms with Crippen LogP contribution in [-0.4, -0.2) is 7.35 Å². The Morgan fingerprint density at radius 2 is 1.14 bits per heavy atom. The second-order valence-electron chi connectivity index (χ2n) is 4.77. The molecule has 0 aromatic rings. The molecule has 0 bridgehead atoms. The van der Waals surface area contributed by atoms with E-state index in [4.69, 9.17) is 0 Å². The third-order valence-electron chi connectivity index (χ3n) is 1.41. The van der Waals surface area contributed by atoms with Crippen LogP contribution in [-0.2, 0) is 0 Å². The summed E-state index contributed by atoms with van der Waals surface area (Å²) in [6, 6.07) is 1.39. The third kappa shape index (κ3) is 6.22. The van der Waals surface area contributed by atoms with E-state index in [-0.39, 0.29) is 0 Å². The Bertz CT molecular complexity index is 56.7. The van der Waals surface area contributed by atoms with Crippen molar-refractivity contribution in [1.82, 2.24) is 0 Å². The zero-order chi connectivity index (χ0) is 6.15. The average molecular weight is 117 g/mol. The van der Waals surface area contributed by atoms with Gasteiger partial charge in [-0.25, -0.2) is 0 Å². The van der Waals surface area contributed by atoms with E-state index in [1.54, 1.807) is 0 Å². The molecule has 0 unspecified atom stereocenters. The van der Waals surface area contributed by atoms with E-state index in [1.807, 2.05) is 0 Å². The minimum atomic E-state index is -1.29. The fourth-order valence-electron chi connectivity index (χ4n) is 0. The molecule has 0 aromatic heterocycles. The molecule has 0 aromatic carbocycles. The summed E-state index contributed by atoms with van der Waals surface area (Å²) in [7, 11) is -1.29. The van der Waals surface area contributed by atoms with Crippen LogP contribution in [0.15, 0.2) is 0 Å². The van der Waals surface area contributed by atoms with E-state index in [2.05, 4.69) is 33.1 Å². The molecule has 0 aliphatic carbocycles. The Balaban J connectivity index is 3.83. The van der Waals surface area contributed by atoms with Crippen LogP contribution < -0.4 is 0 Å². The first-order valence-corrected chi connectivity index (χ1v) is 7.77. The quantitative estimate of drug-likeness (QED) is 0.463. The van der Waals surface area contributed by atoms with E-state index < -0.39 is 7.35 Å². The van der Waals surface area contributed by atoms with Crippen molar-refractivity contribution < 1.29 is 0 Å². The Morgan fingerprint density at radius 3 is 1.14 bits per heavy atom. The number of hydrogen-bond donors (Lipinski definition) is 0. The Hall–Kier alpha value is 0.217. The van der Waals surface area contributed by atoms with E-state index in [1.165, 1.54) is 6.04 Å². The van der Waals surface area contributed by atoms with E-state index in [0.29, 0.717) is 0 Å². The fourth-order valence-corrected chi connectivity index (χ4v) is 0. The first kappa shape index (κ1) is 7.22. The molecule has 0 aliphatic heterocycles. The van der Waals surface area contributed by atoms with Gasteiger partial charge < -0.3 is 0 Å². The van der Waals surface area contributed by atoms with Crippen molar-refractivity contribution in [2.45, 2.75) is 39.2 Å². The van der Waals surface area contributed by atoms with Gasteiger partial charge in [-0.05, 0) is 0 Å². The summed E-state index contributed by atoms with van der Waals surface area (Å²) in [6.07, 6.45) is 0. The van der Waals surface area contributed by atoms with Crippen molar-refractivity contribution in [2.24, 2.45) is 0 Å². The monoisotopic (exact) mass is 117 g/mol. The molecule has 0 saturated carbocycles. The van der Waals surface area contributed by atoms with Gasteiger partial charge in [0.05, 0.1) is 0 Å². The van der Waals surface area contributed by atoms with Crippen LogP contribution in [0.25, 0.3) is 0 Å². The fraction of sp³-hybridized carbons (Fsp3) is 1.00. The summed E-state index contributed by atoms with van der Waals surface area (Å²) in [4.78, 5) is 0. The predicted molar refractivity (Wildman–Crippen MR) is 39.7 cm³/mol. The molecular formula is C6H17Si-. The Morgan fingerprint density at radius 1 is 1.00 bits per heavy atom. The normalized spacial score (nSPS) is 18.1. The van der Waals surface area contributed by atoms with Gasteiger partial charge in [0, 0.05) is 0 Å².